The molecule has 2 atom stereocenters. The van der Waals surface area contributed by atoms with Gasteiger partial charge in [0.15, 0.2) is 18.5 Å². The Morgan fingerprint density at radius 3 is 2.24 bits per heavy atom. The van der Waals surface area contributed by atoms with Crippen LogP contribution in [-0.2, 0) is 19.9 Å². The molecule has 3 aromatic rings. The molecule has 178 valence electrons. The van der Waals surface area contributed by atoms with Crippen LogP contribution >= 0.6 is 0 Å². The number of aliphatic hydroxyl groups is 1. The molecule has 0 aliphatic carbocycles. The Kier molecular flexibility index (Phi) is 8.14. The summed E-state index contributed by atoms with van der Waals surface area (Å²) in [6.45, 7) is 1.35. The van der Waals surface area contributed by atoms with Crippen molar-refractivity contribution in [3.8, 4) is 0 Å². The van der Waals surface area contributed by atoms with E-state index in [2.05, 4.69) is 15.5 Å². The number of likely N-dealkylation sites (tertiary alicyclic amines) is 1. The molecular formula is C25H27BrN4O4. The molecule has 1 saturated heterocycles. The summed E-state index contributed by atoms with van der Waals surface area (Å²) in [5.41, 5.74) is -1.03. The quantitative estimate of drug-likeness (QED) is 0.306. The van der Waals surface area contributed by atoms with Gasteiger partial charge in [-0.25, -0.2) is 4.79 Å². The van der Waals surface area contributed by atoms with Gasteiger partial charge in [0.2, 0.25) is 5.60 Å². The van der Waals surface area contributed by atoms with Crippen LogP contribution < -0.4 is 22.3 Å². The highest BCUT2D eigenvalue weighted by Gasteiger charge is 2.45. The summed E-state index contributed by atoms with van der Waals surface area (Å²) in [4.78, 5) is 25.8. The summed E-state index contributed by atoms with van der Waals surface area (Å²) < 4.78 is 6.24. The van der Waals surface area contributed by atoms with Gasteiger partial charge >= 0.3 is 5.97 Å². The van der Waals surface area contributed by atoms with Crippen LogP contribution in [0.15, 0.2) is 79.0 Å². The summed E-state index contributed by atoms with van der Waals surface area (Å²) in [6, 6.07) is 21.0. The third kappa shape index (κ3) is 5.67. The molecule has 1 aliphatic heterocycles. The van der Waals surface area contributed by atoms with Crippen molar-refractivity contribution < 1.29 is 40.9 Å². The van der Waals surface area contributed by atoms with Crippen LogP contribution in [0.25, 0.3) is 0 Å². The number of carbonyl (C=O) groups is 2. The van der Waals surface area contributed by atoms with E-state index >= 15 is 0 Å². The molecule has 4 rings (SSSR count). The van der Waals surface area contributed by atoms with Crippen LogP contribution in [0.3, 0.4) is 0 Å². The van der Waals surface area contributed by atoms with Gasteiger partial charge in [-0.15, -0.1) is 5.10 Å². The number of rotatable bonds is 7. The third-order valence-electron chi connectivity index (χ3n) is 5.95. The standard InChI is InChI=1S/C25H26N4O4.BrH/c1-29(18-23(30)27-22-13-8-15-26-28-22)16-14-21(17-29)33-24(31)25(32,19-9-4-2-5-10-19)20-11-6-3-7-12-20;/h2-13,15,21,32H,14,16-18H2,1H3;1H. The smallest absolute Gasteiger partial charge is 0.348 e. The van der Waals surface area contributed by atoms with Crippen molar-refractivity contribution in [2.45, 2.75) is 18.1 Å². The highest BCUT2D eigenvalue weighted by molar-refractivity contribution is 5.90. The molecular weight excluding hydrogens is 500 g/mol. The third-order valence-corrected chi connectivity index (χ3v) is 5.95. The minimum absolute atomic E-state index is 0. The van der Waals surface area contributed by atoms with Gasteiger partial charge in [0, 0.05) is 12.6 Å². The molecule has 0 spiro atoms. The second kappa shape index (κ2) is 10.9. The fourth-order valence-corrected chi connectivity index (χ4v) is 4.26. The van der Waals surface area contributed by atoms with Crippen molar-refractivity contribution in [2.75, 3.05) is 32.0 Å². The van der Waals surface area contributed by atoms with Gasteiger partial charge in [0.05, 0.1) is 13.6 Å². The fraction of sp³-hybridized carbons (Fsp3) is 0.280. The van der Waals surface area contributed by atoms with Crippen LogP contribution in [-0.4, -0.2) is 64.4 Å². The molecule has 9 heteroatoms. The van der Waals surface area contributed by atoms with Crippen molar-refractivity contribution in [2.24, 2.45) is 0 Å². The summed E-state index contributed by atoms with van der Waals surface area (Å²) in [7, 11) is 1.95. The van der Waals surface area contributed by atoms with Crippen LogP contribution in [0.4, 0.5) is 5.82 Å². The maximum Gasteiger partial charge on any atom is 0.348 e. The predicted octanol–water partition coefficient (Wildman–Crippen LogP) is -0.883. The molecule has 2 N–H and O–H groups in total. The zero-order chi connectivity index (χ0) is 23.3. The van der Waals surface area contributed by atoms with E-state index in [0.29, 0.717) is 40.9 Å². The maximum atomic E-state index is 13.3. The summed E-state index contributed by atoms with van der Waals surface area (Å²) in [5, 5.41) is 21.9. The van der Waals surface area contributed by atoms with Gasteiger partial charge in [-0.1, -0.05) is 60.7 Å². The number of benzene rings is 2. The predicted molar refractivity (Wildman–Crippen MR) is 122 cm³/mol. The Morgan fingerprint density at radius 1 is 1.06 bits per heavy atom. The lowest BCUT2D eigenvalue weighted by Gasteiger charge is -2.30. The number of halogens is 1. The summed E-state index contributed by atoms with van der Waals surface area (Å²) in [5.74, 6) is -0.510. The normalized spacial score (nSPS) is 19.6. The lowest BCUT2D eigenvalue weighted by molar-refractivity contribution is -0.890. The molecule has 2 heterocycles. The van der Waals surface area contributed by atoms with Crippen LogP contribution in [0.2, 0.25) is 0 Å². The Bertz CT molecular complexity index is 1060. The first kappa shape index (κ1) is 25.5. The summed E-state index contributed by atoms with van der Waals surface area (Å²) in [6.07, 6.45) is 1.72. The average Bonchev–Trinajstić information content (AvgIpc) is 3.19. The van der Waals surface area contributed by atoms with E-state index in [-0.39, 0.29) is 29.4 Å². The number of aromatic nitrogens is 2. The number of likely N-dealkylation sites (N-methyl/N-ethyl adjacent to an activating group) is 1. The molecule has 0 radical (unpaired) electrons. The first-order valence-corrected chi connectivity index (χ1v) is 10.8. The maximum absolute atomic E-state index is 13.3. The van der Waals surface area contributed by atoms with E-state index in [0.717, 1.165) is 0 Å². The second-order valence-electron chi connectivity index (χ2n) is 8.60. The number of ether oxygens (including phenoxy) is 1. The van der Waals surface area contributed by atoms with Crippen molar-refractivity contribution in [1.82, 2.24) is 10.2 Å². The summed E-state index contributed by atoms with van der Waals surface area (Å²) >= 11 is 0. The number of hydrogen-bond acceptors (Lipinski definition) is 6. The van der Waals surface area contributed by atoms with Gasteiger partial charge in [0.1, 0.15) is 6.54 Å². The van der Waals surface area contributed by atoms with Crippen molar-refractivity contribution in [3.05, 3.63) is 90.1 Å². The second-order valence-corrected chi connectivity index (χ2v) is 8.60. The minimum Gasteiger partial charge on any atom is -1.00 e. The zero-order valence-corrected chi connectivity index (χ0v) is 20.4. The number of carbonyl (C=O) groups excluding carboxylic acids is 2. The number of hydrogen-bond donors (Lipinski definition) is 2. The van der Waals surface area contributed by atoms with Gasteiger partial charge in [0.25, 0.3) is 5.91 Å². The zero-order valence-electron chi connectivity index (χ0n) is 18.8. The molecule has 0 bridgehead atoms. The van der Waals surface area contributed by atoms with E-state index in [1.807, 2.05) is 19.2 Å². The van der Waals surface area contributed by atoms with Crippen molar-refractivity contribution >= 4 is 17.7 Å². The van der Waals surface area contributed by atoms with Gasteiger partial charge in [-0.2, -0.15) is 5.10 Å². The SMILES string of the molecule is C[N+]1(CC(=O)Nc2cccnn2)CCC(OC(=O)C(O)(c2ccccc2)c2ccccc2)C1.[Br-]. The molecule has 1 amide bonds. The Labute approximate surface area is 208 Å². The monoisotopic (exact) mass is 526 g/mol. The largest absolute Gasteiger partial charge is 1.00 e. The number of anilines is 1. The Balaban J connectivity index is 0.00000324. The molecule has 0 saturated carbocycles. The van der Waals surface area contributed by atoms with Gasteiger partial charge in [-0.05, 0) is 23.3 Å². The Hall–Kier alpha value is -3.14. The molecule has 2 aromatic carbocycles. The lowest BCUT2D eigenvalue weighted by atomic mass is 9.86. The highest BCUT2D eigenvalue weighted by Crippen LogP contribution is 2.32. The molecule has 8 nitrogen and oxygen atoms in total. The molecule has 2 unspecified atom stereocenters. The van der Waals surface area contributed by atoms with E-state index in [1.165, 1.54) is 6.20 Å². The first-order valence-electron chi connectivity index (χ1n) is 10.8. The minimum atomic E-state index is -1.92. The topological polar surface area (TPSA) is 101 Å². The van der Waals surface area contributed by atoms with Crippen molar-refractivity contribution in [1.29, 1.82) is 0 Å². The van der Waals surface area contributed by atoms with Gasteiger partial charge in [-0.3, -0.25) is 4.79 Å². The highest BCUT2D eigenvalue weighted by atomic mass is 79.9. The van der Waals surface area contributed by atoms with E-state index < -0.39 is 17.7 Å². The number of nitrogens with one attached hydrogen (secondary N) is 1. The number of quaternary nitrogens is 1. The van der Waals surface area contributed by atoms with Crippen molar-refractivity contribution in [3.63, 3.8) is 0 Å². The average molecular weight is 527 g/mol. The fourth-order valence-electron chi connectivity index (χ4n) is 4.26. The molecule has 1 fully saturated rings. The number of amides is 1. The van der Waals surface area contributed by atoms with Crippen LogP contribution in [0.5, 0.6) is 0 Å². The Morgan fingerprint density at radius 2 is 1.68 bits per heavy atom. The van der Waals surface area contributed by atoms with Crippen LogP contribution in [0, 0.1) is 0 Å². The van der Waals surface area contributed by atoms with Crippen LogP contribution in [0.1, 0.15) is 17.5 Å². The number of nitrogens with zero attached hydrogens (tertiary/aromatic N) is 3. The molecule has 1 aromatic heterocycles. The number of esters is 1. The van der Waals surface area contributed by atoms with E-state index in [1.54, 1.807) is 60.7 Å². The first-order chi connectivity index (χ1) is 15.9. The van der Waals surface area contributed by atoms with E-state index in [4.69, 9.17) is 4.74 Å². The van der Waals surface area contributed by atoms with Gasteiger partial charge < -0.3 is 36.6 Å². The van der Waals surface area contributed by atoms with E-state index in [9.17, 15) is 14.7 Å². The molecule has 1 aliphatic rings. The lowest BCUT2D eigenvalue weighted by Crippen LogP contribution is -3.00. The molecule has 34 heavy (non-hydrogen) atoms.